The van der Waals surface area contributed by atoms with Crippen molar-refractivity contribution in [3.8, 4) is 0 Å². The highest BCUT2D eigenvalue weighted by atomic mass is 16.8. The van der Waals surface area contributed by atoms with Crippen LogP contribution in [0.5, 0.6) is 0 Å². The molecule has 72 valence electrons. The Bertz CT molecular complexity index is 150. The number of nitrogens with two attached hydrogens (primary N) is 1. The minimum atomic E-state index is -1.35. The minimum Gasteiger partial charge on any atom is -0.394 e. The topological polar surface area (TPSA) is 116 Å². The third kappa shape index (κ3) is 1.58. The summed E-state index contributed by atoms with van der Waals surface area (Å²) >= 11 is 0. The van der Waals surface area contributed by atoms with Gasteiger partial charge in [0.15, 0.2) is 6.29 Å². The van der Waals surface area contributed by atoms with Gasteiger partial charge >= 0.3 is 0 Å². The lowest BCUT2D eigenvalue weighted by molar-refractivity contribution is -0.248. The molecule has 3 unspecified atom stereocenters. The molecular weight excluding hydrogens is 173 g/mol. The van der Waals surface area contributed by atoms with Crippen molar-refractivity contribution >= 4 is 0 Å². The van der Waals surface area contributed by atoms with Gasteiger partial charge in [0.25, 0.3) is 0 Å². The Hall–Kier alpha value is -0.240. The quantitative estimate of drug-likeness (QED) is 0.217. The van der Waals surface area contributed by atoms with Crippen LogP contribution < -0.4 is 5.73 Å². The van der Waals surface area contributed by atoms with Crippen LogP contribution in [0, 0.1) is 0 Å². The van der Waals surface area contributed by atoms with Crippen LogP contribution in [0.3, 0.4) is 0 Å². The normalized spacial score (nSPS) is 49.2. The van der Waals surface area contributed by atoms with Crippen LogP contribution in [-0.4, -0.2) is 57.7 Å². The average molecular weight is 186 g/mol. The van der Waals surface area contributed by atoms with E-state index in [-0.39, 0.29) is 0 Å². The van der Waals surface area contributed by atoms with Crippen LogP contribution >= 0.6 is 0 Å². The van der Waals surface area contributed by atoms with E-state index in [4.69, 9.17) is 20.7 Å². The van der Waals surface area contributed by atoms with E-state index in [9.17, 15) is 10.2 Å². The highest BCUT2D eigenvalue weighted by molar-refractivity contribution is 4.90. The predicted molar refractivity (Wildman–Crippen MR) is 38.0 cm³/mol. The maximum absolute atomic E-state index is 9.20. The van der Waals surface area contributed by atoms with Gasteiger partial charge in [0, 0.05) is 0 Å². The molecule has 0 aromatic rings. The lowest BCUT2D eigenvalue weighted by Gasteiger charge is -2.38. The molecule has 6 N–H and O–H groups in total. The average Bonchev–Trinajstić information content (AvgIpc) is 2.08. The van der Waals surface area contributed by atoms with Gasteiger partial charge in [0.05, 0.1) is 12.6 Å². The summed E-state index contributed by atoms with van der Waals surface area (Å²) < 4.78 is 4.70. The van der Waals surface area contributed by atoms with Crippen molar-refractivity contribution in [1.82, 2.24) is 0 Å². The molecule has 5 atom stereocenters. The summed E-state index contributed by atoms with van der Waals surface area (Å²) in [6.45, 7) is -0.470. The second kappa shape index (κ2) is 3.65. The zero-order valence-electron chi connectivity index (χ0n) is 6.37. The zero-order valence-corrected chi connectivity index (χ0v) is 6.37. The Morgan fingerprint density at radius 2 is 1.75 bits per heavy atom. The number of hydrogen-bond acceptors (Lipinski definition) is 6. The lowest BCUT2D eigenvalue weighted by atomic mass is 10.9. The summed E-state index contributed by atoms with van der Waals surface area (Å²) in [5, 5.41) is 36.1. The summed E-state index contributed by atoms with van der Waals surface area (Å²) in [4.78, 5) is 0. The highest BCUT2D eigenvalue weighted by Crippen LogP contribution is 2.17. The van der Waals surface area contributed by atoms with Gasteiger partial charge in [-0.15, -0.1) is 0 Å². The Labute approximate surface area is 69.2 Å². The number of ether oxygens (including phenoxy) is 1. The molecule has 1 fully saturated rings. The molecule has 0 aromatic heterocycles. The van der Waals surface area contributed by atoms with Gasteiger partial charge in [0.1, 0.15) is 18.3 Å². The van der Waals surface area contributed by atoms with Crippen LogP contribution in [0.25, 0.3) is 0 Å². The summed E-state index contributed by atoms with van der Waals surface area (Å²) in [6, 6.07) is -1.04. The molecule has 12 heavy (non-hydrogen) atoms. The largest absolute Gasteiger partial charge is 0.394 e. The van der Waals surface area contributed by atoms with Crippen molar-refractivity contribution in [1.29, 1.82) is 0 Å². The minimum absolute atomic E-state index is 0.470. The summed E-state index contributed by atoms with van der Waals surface area (Å²) in [5.74, 6) is 0. The first-order valence-electron chi connectivity index (χ1n) is 3.64. The smallest absolute Gasteiger partial charge is 0.173 e. The molecule has 6 heteroatoms. The van der Waals surface area contributed by atoms with Crippen molar-refractivity contribution in [2.75, 3.05) is 6.61 Å². The first-order chi connectivity index (χ1) is 5.57. The van der Waals surface area contributed by atoms with Gasteiger partial charge in [0.2, 0.25) is 0 Å². The SMILES string of the molecule is [15NH2][13CH]1[13CH](O)O[13CH]([13CH2]O)[13C@@H](O)[13C@H]1O. The summed E-state index contributed by atoms with van der Waals surface area (Å²) in [6.07, 6.45) is -4.85. The number of aliphatic hydroxyl groups excluding tert-OH is 4. The van der Waals surface area contributed by atoms with E-state index in [0.717, 1.165) is 0 Å². The summed E-state index contributed by atoms with van der Waals surface area (Å²) in [7, 11) is 0. The molecule has 1 rings (SSSR count). The van der Waals surface area contributed by atoms with Crippen molar-refractivity contribution in [3.63, 3.8) is 0 Å². The standard InChI is InChI=1S/C6H13NO5/c7-3-5(10)4(9)2(1-8)12-6(3)11/h2-6,8-11H,1,7H2/t2?,3?,4-,5+,6?/m1/s1/i1+1,2+1,3+1,4+1,5+1,6+1,7+1. The highest BCUT2D eigenvalue weighted by Gasteiger charge is 2.41. The predicted octanol–water partition coefficient (Wildman–Crippen LogP) is -3.25. The van der Waals surface area contributed by atoms with Crippen LogP contribution in [0.1, 0.15) is 0 Å². The molecule has 0 amide bonds. The fourth-order valence-corrected chi connectivity index (χ4v) is 1.12. The van der Waals surface area contributed by atoms with Gasteiger partial charge in [-0.2, -0.15) is 0 Å². The van der Waals surface area contributed by atoms with Crippen molar-refractivity contribution in [2.45, 2.75) is 30.6 Å². The van der Waals surface area contributed by atoms with E-state index < -0.39 is 37.3 Å². The molecule has 6 nitrogen and oxygen atoms in total. The fraction of sp³-hybridized carbons (Fsp3) is 1.00. The van der Waals surface area contributed by atoms with Gasteiger partial charge in [-0.25, -0.2) is 0 Å². The van der Waals surface area contributed by atoms with E-state index in [2.05, 4.69) is 0 Å². The van der Waals surface area contributed by atoms with E-state index >= 15 is 0 Å². The van der Waals surface area contributed by atoms with E-state index in [1.165, 1.54) is 0 Å². The second-order valence-electron chi connectivity index (χ2n) is 2.81. The number of hydrogen-bond donors (Lipinski definition) is 5. The molecule has 0 saturated carbocycles. The maximum atomic E-state index is 9.20. The number of rotatable bonds is 1. The molecule has 1 aliphatic heterocycles. The molecule has 1 aliphatic rings. The Morgan fingerprint density at radius 1 is 1.17 bits per heavy atom. The van der Waals surface area contributed by atoms with Crippen LogP contribution in [0.15, 0.2) is 0 Å². The molecular formula is C6H13NO5. The van der Waals surface area contributed by atoms with Crippen molar-refractivity contribution < 1.29 is 25.2 Å². The molecule has 0 bridgehead atoms. The zero-order chi connectivity index (χ0) is 9.30. The van der Waals surface area contributed by atoms with Crippen molar-refractivity contribution in [3.05, 3.63) is 0 Å². The Kier molecular flexibility index (Phi) is 2.99. The van der Waals surface area contributed by atoms with E-state index in [1.54, 1.807) is 0 Å². The molecule has 0 spiro atoms. The lowest BCUT2D eigenvalue weighted by Crippen LogP contribution is -2.61. The van der Waals surface area contributed by atoms with Gasteiger partial charge in [-0.1, -0.05) is 0 Å². The van der Waals surface area contributed by atoms with E-state index in [1.807, 2.05) is 0 Å². The van der Waals surface area contributed by atoms with E-state index in [0.29, 0.717) is 0 Å². The Morgan fingerprint density at radius 3 is 2.25 bits per heavy atom. The summed E-state index contributed by atoms with van der Waals surface area (Å²) in [5.41, 5.74) is 5.26. The van der Waals surface area contributed by atoms with Crippen molar-refractivity contribution in [2.24, 2.45) is 5.73 Å². The fourth-order valence-electron chi connectivity index (χ4n) is 1.12. The molecule has 1 saturated heterocycles. The first-order valence-corrected chi connectivity index (χ1v) is 3.64. The van der Waals surface area contributed by atoms with Crippen LogP contribution in [-0.2, 0) is 4.74 Å². The molecule has 1 heterocycles. The molecule has 0 radical (unpaired) electrons. The third-order valence-corrected chi connectivity index (χ3v) is 1.95. The number of aliphatic hydroxyl groups is 4. The third-order valence-electron chi connectivity index (χ3n) is 1.95. The van der Waals surface area contributed by atoms with Gasteiger partial charge < -0.3 is 30.9 Å². The van der Waals surface area contributed by atoms with Gasteiger partial charge in [-0.3, -0.25) is 0 Å². The maximum Gasteiger partial charge on any atom is 0.173 e. The van der Waals surface area contributed by atoms with Crippen LogP contribution in [0.2, 0.25) is 0 Å². The van der Waals surface area contributed by atoms with Crippen LogP contribution in [0.4, 0.5) is 0 Å². The second-order valence-corrected chi connectivity index (χ2v) is 2.81. The molecule has 0 aromatic carbocycles. The molecule has 0 aliphatic carbocycles. The monoisotopic (exact) mass is 186 g/mol. The Balaban J connectivity index is 2.63. The first kappa shape index (κ1) is 9.85. The van der Waals surface area contributed by atoms with Gasteiger partial charge in [-0.05, 0) is 0 Å².